The van der Waals surface area contributed by atoms with E-state index in [0.29, 0.717) is 0 Å². The zero-order valence-electron chi connectivity index (χ0n) is 29.4. The maximum atomic E-state index is 2.51. The van der Waals surface area contributed by atoms with Gasteiger partial charge in [0.25, 0.3) is 0 Å². The van der Waals surface area contributed by atoms with Crippen molar-refractivity contribution in [2.75, 3.05) is 0 Å². The van der Waals surface area contributed by atoms with Gasteiger partial charge in [0, 0.05) is 0 Å². The van der Waals surface area contributed by atoms with Gasteiger partial charge in [-0.25, -0.2) is 0 Å². The Morgan fingerprint density at radius 3 is 1.54 bits per heavy atom. The molecule has 247 valence electrons. The molecule has 0 unspecified atom stereocenters. The molecule has 0 atom stereocenters. The van der Waals surface area contributed by atoms with Crippen molar-refractivity contribution in [1.82, 2.24) is 0 Å². The van der Waals surface area contributed by atoms with Crippen LogP contribution in [0.25, 0.3) is 98.7 Å². The van der Waals surface area contributed by atoms with E-state index < -0.39 is 15.4 Å². The molecule has 0 nitrogen and oxygen atoms in total. The summed E-state index contributed by atoms with van der Waals surface area (Å²) >= 11 is 1.72. The van der Waals surface area contributed by atoms with E-state index in [0.717, 1.165) is 0 Å². The minimum atomic E-state index is -0.481. The SMILES string of the molecule is [Ge][c]1ccccc1-c1cccc(-c2cccc3c(-c4c5ccccc5cc5ccccc45)c4cccc(-c5cccc6[c]5[Ge][c]5ccccc5-6)c4cc23)c1. The summed E-state index contributed by atoms with van der Waals surface area (Å²) in [6.07, 6.45) is 0. The van der Waals surface area contributed by atoms with Crippen LogP contribution in [0, 0.1) is 0 Å². The number of benzene rings is 10. The Morgan fingerprint density at radius 2 is 0.796 bits per heavy atom. The number of rotatable bonds is 4. The van der Waals surface area contributed by atoms with Gasteiger partial charge in [0.05, 0.1) is 0 Å². The fraction of sp³-hybridized carbons (Fsp3) is 0. The van der Waals surface area contributed by atoms with Gasteiger partial charge < -0.3 is 0 Å². The van der Waals surface area contributed by atoms with E-state index in [1.54, 1.807) is 4.40 Å². The zero-order valence-corrected chi connectivity index (χ0v) is 33.6. The first-order valence-corrected chi connectivity index (χ1v) is 21.7. The van der Waals surface area contributed by atoms with Gasteiger partial charge in [0.2, 0.25) is 0 Å². The Hall–Kier alpha value is -5.67. The number of hydrogen-bond acceptors (Lipinski definition) is 0. The third kappa shape index (κ3) is 4.97. The molecule has 0 amide bonds. The Labute approximate surface area is 329 Å². The van der Waals surface area contributed by atoms with Crippen molar-refractivity contribution >= 4 is 88.2 Å². The van der Waals surface area contributed by atoms with Crippen LogP contribution in [-0.2, 0) is 0 Å². The molecular weight excluding hydrogens is 770 g/mol. The molecule has 0 spiro atoms. The quantitative estimate of drug-likeness (QED) is 0.123. The van der Waals surface area contributed by atoms with Gasteiger partial charge in [-0.2, -0.15) is 0 Å². The van der Waals surface area contributed by atoms with Crippen LogP contribution in [0.4, 0.5) is 0 Å². The standard InChI is InChI=1S/C52H31Ge2/c53-48-27-7-5-17-37(48)33-16-9-15-32(29-33)36-21-10-23-42-46(36)31-47-40(44-25-12-26-45-41-20-6-8-28-49(41)54-52(44)45)22-11-24-43(47)51(42)50-38-18-3-1-13-34(38)30-35-14-2-4-19-39(35)50/h1-31H. The second-order valence-corrected chi connectivity index (χ2v) is 18.1. The molecule has 0 saturated carbocycles. The molecule has 0 aliphatic carbocycles. The van der Waals surface area contributed by atoms with Gasteiger partial charge in [0.15, 0.2) is 0 Å². The molecule has 10 aromatic carbocycles. The van der Waals surface area contributed by atoms with Crippen molar-refractivity contribution in [3.05, 3.63) is 188 Å². The van der Waals surface area contributed by atoms with Gasteiger partial charge in [-0.05, 0) is 0 Å². The first-order valence-electron chi connectivity index (χ1n) is 18.5. The van der Waals surface area contributed by atoms with Crippen molar-refractivity contribution in [1.29, 1.82) is 0 Å². The van der Waals surface area contributed by atoms with Crippen LogP contribution >= 0.6 is 0 Å². The normalized spacial score (nSPS) is 12.1. The summed E-state index contributed by atoms with van der Waals surface area (Å²) in [7, 11) is 0. The second kappa shape index (κ2) is 12.7. The molecule has 1 heterocycles. The van der Waals surface area contributed by atoms with Crippen molar-refractivity contribution < 1.29 is 0 Å². The van der Waals surface area contributed by atoms with Crippen LogP contribution < -0.4 is 13.2 Å². The van der Waals surface area contributed by atoms with Gasteiger partial charge >= 0.3 is 332 Å². The molecule has 0 N–H and O–H groups in total. The first-order chi connectivity index (χ1) is 26.7. The van der Waals surface area contributed by atoms with Gasteiger partial charge in [-0.15, -0.1) is 0 Å². The molecule has 1 aliphatic rings. The van der Waals surface area contributed by atoms with Gasteiger partial charge in [-0.1, -0.05) is 0 Å². The van der Waals surface area contributed by atoms with E-state index in [1.165, 1.54) is 108 Å². The Kier molecular flexibility index (Phi) is 7.50. The van der Waals surface area contributed by atoms with Crippen molar-refractivity contribution in [2.24, 2.45) is 0 Å². The predicted molar refractivity (Wildman–Crippen MR) is 234 cm³/mol. The Morgan fingerprint density at radius 1 is 0.315 bits per heavy atom. The molecule has 0 bridgehead atoms. The Balaban J connectivity index is 1.27. The average Bonchev–Trinajstić information content (AvgIpc) is 3.61. The first kappa shape index (κ1) is 31.8. The molecule has 0 saturated heterocycles. The van der Waals surface area contributed by atoms with E-state index in [2.05, 4.69) is 205 Å². The maximum absolute atomic E-state index is 2.51. The fourth-order valence-electron chi connectivity index (χ4n) is 8.89. The van der Waals surface area contributed by atoms with E-state index in [-0.39, 0.29) is 0 Å². The third-order valence-corrected chi connectivity index (χ3v) is 15.4. The molecule has 0 aromatic heterocycles. The molecular formula is C52H31Ge2. The third-order valence-electron chi connectivity index (χ3n) is 11.3. The summed E-state index contributed by atoms with van der Waals surface area (Å²) in [4.78, 5) is 0. The molecule has 11 rings (SSSR count). The molecule has 2 heteroatoms. The van der Waals surface area contributed by atoms with Crippen molar-refractivity contribution in [3.63, 3.8) is 0 Å². The number of fused-ring (bicyclic) bond motifs is 7. The summed E-state index contributed by atoms with van der Waals surface area (Å²) < 4.78 is 4.36. The summed E-state index contributed by atoms with van der Waals surface area (Å²) in [6, 6.07) is 70.5. The minimum absolute atomic E-state index is 0.481. The Bertz CT molecular complexity index is 3100. The average molecular weight is 801 g/mol. The number of hydrogen-bond donors (Lipinski definition) is 0. The summed E-state index contributed by atoms with van der Waals surface area (Å²) in [5.74, 6) is 0. The fourth-order valence-corrected chi connectivity index (χ4v) is 12.7. The van der Waals surface area contributed by atoms with Gasteiger partial charge in [0.1, 0.15) is 0 Å². The summed E-state index contributed by atoms with van der Waals surface area (Å²) in [5, 5.41) is 10.2. The predicted octanol–water partition coefficient (Wildman–Crippen LogP) is 11.4. The zero-order chi connectivity index (χ0) is 35.8. The van der Waals surface area contributed by atoms with Crippen LogP contribution in [0.1, 0.15) is 0 Å². The van der Waals surface area contributed by atoms with Crippen LogP contribution in [0.2, 0.25) is 0 Å². The summed E-state index contributed by atoms with van der Waals surface area (Å²) in [6.45, 7) is 0. The summed E-state index contributed by atoms with van der Waals surface area (Å²) in [5.41, 5.74) is 13.1. The van der Waals surface area contributed by atoms with Crippen molar-refractivity contribution in [3.8, 4) is 55.6 Å². The van der Waals surface area contributed by atoms with E-state index >= 15 is 0 Å². The molecule has 54 heavy (non-hydrogen) atoms. The molecule has 10 aromatic rings. The van der Waals surface area contributed by atoms with E-state index in [1.807, 2.05) is 0 Å². The van der Waals surface area contributed by atoms with Crippen LogP contribution in [0.3, 0.4) is 0 Å². The van der Waals surface area contributed by atoms with Crippen LogP contribution in [-0.4, -0.2) is 31.9 Å². The van der Waals surface area contributed by atoms with E-state index in [9.17, 15) is 0 Å². The topological polar surface area (TPSA) is 0 Å². The van der Waals surface area contributed by atoms with Crippen LogP contribution in [0.5, 0.6) is 0 Å². The molecule has 5 radical (unpaired) electrons. The van der Waals surface area contributed by atoms with E-state index in [4.69, 9.17) is 0 Å². The van der Waals surface area contributed by atoms with Crippen molar-refractivity contribution in [2.45, 2.75) is 0 Å². The molecule has 0 fully saturated rings. The molecule has 1 aliphatic heterocycles. The second-order valence-electron chi connectivity index (χ2n) is 14.3. The van der Waals surface area contributed by atoms with Gasteiger partial charge in [-0.3, -0.25) is 0 Å². The van der Waals surface area contributed by atoms with Crippen LogP contribution in [0.15, 0.2) is 188 Å². The monoisotopic (exact) mass is 803 g/mol.